The molecule has 0 aliphatic rings. The summed E-state index contributed by atoms with van der Waals surface area (Å²) in [6.07, 6.45) is 0. The fourth-order valence-corrected chi connectivity index (χ4v) is 5.41. The Labute approximate surface area is 249 Å². The van der Waals surface area contributed by atoms with E-state index >= 15 is 0 Å². The Morgan fingerprint density at radius 2 is 1.43 bits per heavy atom. The van der Waals surface area contributed by atoms with Crippen LogP contribution in [-0.4, -0.2) is 46.3 Å². The maximum absolute atomic E-state index is 12.2. The van der Waals surface area contributed by atoms with Crippen LogP contribution in [0.2, 0.25) is 0 Å². The summed E-state index contributed by atoms with van der Waals surface area (Å²) < 4.78 is 71.7. The van der Waals surface area contributed by atoms with E-state index in [1.54, 1.807) is 0 Å². The molecular weight excluding hydrogens is 652 g/mol. The fraction of sp³-hybridized carbons (Fsp3) is 0. The highest BCUT2D eigenvalue weighted by atomic mass is 32.2. The van der Waals surface area contributed by atoms with E-state index in [1.807, 2.05) is 0 Å². The molecule has 0 aromatic heterocycles. The van der Waals surface area contributed by atoms with Crippen LogP contribution in [0.25, 0.3) is 10.8 Å². The number of fused-ring (bicyclic) bond motifs is 1. The van der Waals surface area contributed by atoms with Crippen LogP contribution < -0.4 is 5.73 Å². The van der Waals surface area contributed by atoms with Gasteiger partial charge in [-0.2, -0.15) is 21.9 Å². The molecule has 0 saturated heterocycles. The Bertz CT molecular complexity index is 2070. The average molecular weight is 669 g/mol. The summed E-state index contributed by atoms with van der Waals surface area (Å²) in [5, 5.41) is 59.3. The maximum Gasteiger partial charge on any atom is 0.296 e. The number of phenols is 2. The van der Waals surface area contributed by atoms with E-state index in [-0.39, 0.29) is 39.4 Å². The van der Waals surface area contributed by atoms with Gasteiger partial charge in [-0.25, -0.2) is 5.26 Å². The van der Waals surface area contributed by atoms with Crippen molar-refractivity contribution in [3.8, 4) is 11.5 Å². The number of nitrogens with zero attached hydrogens (tertiary/aromatic N) is 5. The van der Waals surface area contributed by atoms with Crippen molar-refractivity contribution in [2.75, 3.05) is 5.73 Å². The molecule has 4 aromatic carbocycles. The number of azo groups is 2. The highest BCUT2D eigenvalue weighted by molar-refractivity contribution is 7.94. The highest BCUT2D eigenvalue weighted by Gasteiger charge is 2.27. The molecule has 0 fully saturated rings. The van der Waals surface area contributed by atoms with E-state index in [4.69, 9.17) is 11.0 Å². The zero-order valence-electron chi connectivity index (χ0n) is 21.2. The van der Waals surface area contributed by atoms with Crippen molar-refractivity contribution in [3.05, 3.63) is 64.7 Å². The van der Waals surface area contributed by atoms with E-state index in [0.717, 1.165) is 54.6 Å². The first-order chi connectivity index (χ1) is 20.6. The number of nitrogens with two attached hydrogens (primary N) is 1. The van der Waals surface area contributed by atoms with Crippen molar-refractivity contribution in [3.63, 3.8) is 0 Å². The molecule has 44 heavy (non-hydrogen) atoms. The monoisotopic (exact) mass is 668 g/mol. The van der Waals surface area contributed by atoms with E-state index in [2.05, 4.69) is 29.8 Å². The number of nitro benzene ring substituents is 1. The minimum Gasteiger partial charge on any atom is -0.505 e. The highest BCUT2D eigenvalue weighted by Crippen LogP contribution is 2.51. The summed E-state index contributed by atoms with van der Waals surface area (Å²) in [5.74, 6) is -1.98. The first-order valence-corrected chi connectivity index (χ1v) is 14.9. The van der Waals surface area contributed by atoms with Gasteiger partial charge >= 0.3 is 0 Å². The zero-order valence-corrected chi connectivity index (χ0v) is 23.7. The SMILES string of the molecule is Nc1ccc(S(=O)(=O)O)c(/N=N/c2c(SOOO)cc3cc(S(=O)(=O)O)c(/N=N/c4ccc([N+](=O)[O-])cc4)c(O)c3c2O)c1. The third-order valence-electron chi connectivity index (χ3n) is 5.53. The van der Waals surface area contributed by atoms with Gasteiger partial charge in [0.1, 0.15) is 26.9 Å². The van der Waals surface area contributed by atoms with Gasteiger partial charge in [-0.05, 0) is 47.9 Å². The second kappa shape index (κ2) is 12.4. The molecule has 0 amide bonds. The standard InChI is InChI=1S/C22H16N6O13S3/c23-11-1-6-16(43(34,35)36)14(9-11)25-26-19-15(42-41-40-33)7-10-8-17(44(37,38)39)20(22(30)18(10)21(19)29)27-24-12-2-4-13(5-3-12)28(31)32/h1-9,29-30,33H,23H2,(H,34,35,36)(H,37,38,39)/b26-25+,27-24+. The second-order valence-electron chi connectivity index (χ2n) is 8.32. The lowest BCUT2D eigenvalue weighted by Crippen LogP contribution is -1.99. The number of anilines is 1. The summed E-state index contributed by atoms with van der Waals surface area (Å²) in [7, 11) is -9.94. The summed E-state index contributed by atoms with van der Waals surface area (Å²) in [6, 6.07) is 9.41. The first-order valence-electron chi connectivity index (χ1n) is 11.2. The van der Waals surface area contributed by atoms with Crippen molar-refractivity contribution in [2.45, 2.75) is 14.7 Å². The van der Waals surface area contributed by atoms with Crippen molar-refractivity contribution < 1.29 is 55.7 Å². The van der Waals surface area contributed by atoms with Gasteiger partial charge in [-0.1, -0.05) is 5.04 Å². The summed E-state index contributed by atoms with van der Waals surface area (Å²) in [4.78, 5) is 8.24. The Kier molecular flexibility index (Phi) is 9.07. The summed E-state index contributed by atoms with van der Waals surface area (Å²) in [6.45, 7) is 0. The van der Waals surface area contributed by atoms with Crippen molar-refractivity contribution in [1.29, 1.82) is 0 Å². The van der Waals surface area contributed by atoms with Crippen LogP contribution in [0.1, 0.15) is 0 Å². The number of nitrogen functional groups attached to an aromatic ring is 1. The maximum atomic E-state index is 12.2. The Hall–Kier alpha value is -4.81. The predicted octanol–water partition coefficient (Wildman–Crippen LogP) is 5.49. The number of benzene rings is 4. The van der Waals surface area contributed by atoms with Gasteiger partial charge in [0.2, 0.25) is 0 Å². The predicted molar refractivity (Wildman–Crippen MR) is 150 cm³/mol. The summed E-state index contributed by atoms with van der Waals surface area (Å²) >= 11 is 0.196. The lowest BCUT2D eigenvalue weighted by Gasteiger charge is -2.13. The molecule has 0 bridgehead atoms. The number of non-ortho nitro benzene ring substituents is 1. The summed E-state index contributed by atoms with van der Waals surface area (Å²) in [5.41, 5.74) is 3.45. The normalized spacial score (nSPS) is 12.4. The number of rotatable bonds is 10. The van der Waals surface area contributed by atoms with Crippen molar-refractivity contribution in [2.24, 2.45) is 20.5 Å². The Morgan fingerprint density at radius 1 is 0.818 bits per heavy atom. The third kappa shape index (κ3) is 6.87. The second-order valence-corrected chi connectivity index (χ2v) is 11.8. The van der Waals surface area contributed by atoms with Crippen LogP contribution in [-0.2, 0) is 29.6 Å². The molecule has 0 saturated carbocycles. The van der Waals surface area contributed by atoms with Crippen molar-refractivity contribution in [1.82, 2.24) is 0 Å². The van der Waals surface area contributed by atoms with Crippen LogP contribution in [0, 0.1) is 10.1 Å². The van der Waals surface area contributed by atoms with E-state index in [1.165, 1.54) is 0 Å². The first kappa shape index (κ1) is 32.1. The lowest BCUT2D eigenvalue weighted by molar-refractivity contribution is -0.432. The minimum absolute atomic E-state index is 0.0131. The number of hydrogen-bond acceptors (Lipinski definition) is 17. The topological polar surface area (TPSA) is 306 Å². The molecule has 4 aromatic rings. The third-order valence-corrected chi connectivity index (χ3v) is 7.92. The van der Waals surface area contributed by atoms with Crippen LogP contribution in [0.3, 0.4) is 0 Å². The average Bonchev–Trinajstić information content (AvgIpc) is 2.93. The van der Waals surface area contributed by atoms with Gasteiger partial charge < -0.3 is 15.9 Å². The van der Waals surface area contributed by atoms with E-state index in [0.29, 0.717) is 0 Å². The molecule has 0 radical (unpaired) electrons. The Morgan fingerprint density at radius 3 is 2.02 bits per heavy atom. The molecule has 19 nitrogen and oxygen atoms in total. The minimum atomic E-state index is -5.11. The molecule has 7 N–H and O–H groups in total. The number of hydrogen-bond donors (Lipinski definition) is 6. The van der Waals surface area contributed by atoms with Gasteiger partial charge in [0, 0.05) is 17.8 Å². The molecular formula is C22H16N6O13S3. The van der Waals surface area contributed by atoms with Gasteiger partial charge in [0.25, 0.3) is 25.9 Å². The van der Waals surface area contributed by atoms with Crippen LogP contribution in [0.4, 0.5) is 34.1 Å². The molecule has 22 heteroatoms. The smallest absolute Gasteiger partial charge is 0.296 e. The molecule has 0 heterocycles. The molecule has 0 atom stereocenters. The molecule has 0 aliphatic heterocycles. The quantitative estimate of drug-likeness (QED) is 0.0231. The number of phenolic OH excluding ortho intramolecular Hbond substituents is 2. The van der Waals surface area contributed by atoms with E-state index in [9.17, 15) is 46.3 Å². The largest absolute Gasteiger partial charge is 0.505 e. The van der Waals surface area contributed by atoms with Crippen LogP contribution in [0.5, 0.6) is 11.5 Å². The van der Waals surface area contributed by atoms with E-state index < -0.39 is 68.9 Å². The lowest BCUT2D eigenvalue weighted by atomic mass is 10.1. The van der Waals surface area contributed by atoms with Gasteiger partial charge in [0.15, 0.2) is 11.5 Å². The molecule has 4 rings (SSSR count). The van der Waals surface area contributed by atoms with Gasteiger partial charge in [0.05, 0.1) is 32.9 Å². The van der Waals surface area contributed by atoms with Crippen molar-refractivity contribution >= 4 is 77.2 Å². The van der Waals surface area contributed by atoms with Crippen LogP contribution >= 0.6 is 12.0 Å². The molecule has 0 unspecified atom stereocenters. The molecule has 0 aliphatic carbocycles. The van der Waals surface area contributed by atoms with Crippen LogP contribution in [0.15, 0.2) is 89.7 Å². The molecule has 0 spiro atoms. The fourth-order valence-electron chi connectivity index (χ4n) is 3.65. The van der Waals surface area contributed by atoms with Gasteiger partial charge in [-0.3, -0.25) is 19.2 Å². The number of nitro groups is 1. The molecule has 230 valence electrons. The zero-order chi connectivity index (χ0) is 32.4. The Balaban J connectivity index is 1.96. The van der Waals surface area contributed by atoms with Gasteiger partial charge in [-0.15, -0.1) is 19.7 Å². The number of aromatic hydroxyl groups is 2.